The van der Waals surface area contributed by atoms with E-state index in [1.165, 1.54) is 0 Å². The van der Waals surface area contributed by atoms with Gasteiger partial charge in [-0.05, 0) is 25.5 Å². The number of nitrogens with zero attached hydrogens (tertiary/aromatic N) is 3. The van der Waals surface area contributed by atoms with Gasteiger partial charge in [0.25, 0.3) is 0 Å². The Balaban J connectivity index is 2.59. The van der Waals surface area contributed by atoms with Crippen LogP contribution >= 0.6 is 0 Å². The number of hydrogen-bond donors (Lipinski definition) is 1. The van der Waals surface area contributed by atoms with Gasteiger partial charge in [0, 0.05) is 17.8 Å². The van der Waals surface area contributed by atoms with E-state index in [1.807, 2.05) is 36.7 Å². The Morgan fingerprint density at radius 3 is 2.93 bits per heavy atom. The molecular weight excluding hydrogens is 188 g/mol. The number of rotatable bonds is 2. The first-order chi connectivity index (χ1) is 7.24. The third-order valence-electron chi connectivity index (χ3n) is 2.53. The number of aryl methyl sites for hydroxylation is 1. The van der Waals surface area contributed by atoms with Crippen LogP contribution in [0.3, 0.4) is 0 Å². The van der Waals surface area contributed by atoms with Gasteiger partial charge in [0.15, 0.2) is 5.82 Å². The molecule has 1 aromatic carbocycles. The summed E-state index contributed by atoms with van der Waals surface area (Å²) in [6, 6.07) is 5.85. The predicted octanol–water partition coefficient (Wildman–Crippen LogP) is 1.86. The van der Waals surface area contributed by atoms with E-state index >= 15 is 0 Å². The van der Waals surface area contributed by atoms with Crippen molar-refractivity contribution in [3.8, 4) is 11.4 Å². The first-order valence-electron chi connectivity index (χ1n) is 4.97. The molecule has 0 radical (unpaired) electrons. The number of benzene rings is 1. The van der Waals surface area contributed by atoms with Gasteiger partial charge in [-0.2, -0.15) is 5.10 Å². The van der Waals surface area contributed by atoms with Crippen LogP contribution in [0.4, 0.5) is 5.69 Å². The molecule has 2 aromatic rings. The Labute approximate surface area is 88.8 Å². The summed E-state index contributed by atoms with van der Waals surface area (Å²) in [6.07, 6.45) is 1.57. The van der Waals surface area contributed by atoms with E-state index in [0.717, 1.165) is 29.2 Å². The second-order valence-corrected chi connectivity index (χ2v) is 3.42. The van der Waals surface area contributed by atoms with Gasteiger partial charge in [-0.15, -0.1) is 0 Å². The van der Waals surface area contributed by atoms with Gasteiger partial charge in [0.2, 0.25) is 0 Å². The lowest BCUT2D eigenvalue weighted by Gasteiger charge is -2.08. The van der Waals surface area contributed by atoms with Crippen LogP contribution in [0.1, 0.15) is 12.5 Å². The van der Waals surface area contributed by atoms with Crippen LogP contribution in [0.15, 0.2) is 24.5 Å². The maximum Gasteiger partial charge on any atom is 0.158 e. The van der Waals surface area contributed by atoms with Crippen LogP contribution in [0.25, 0.3) is 11.4 Å². The molecule has 4 nitrogen and oxygen atoms in total. The first-order valence-corrected chi connectivity index (χ1v) is 4.97. The monoisotopic (exact) mass is 202 g/mol. The molecule has 0 amide bonds. The fraction of sp³-hybridized carbons (Fsp3) is 0.273. The van der Waals surface area contributed by atoms with Crippen LogP contribution in [0.5, 0.6) is 0 Å². The van der Waals surface area contributed by atoms with Crippen LogP contribution in [-0.4, -0.2) is 14.8 Å². The predicted molar refractivity (Wildman–Crippen MR) is 60.3 cm³/mol. The minimum absolute atomic E-state index is 0.790. The summed E-state index contributed by atoms with van der Waals surface area (Å²) >= 11 is 0. The van der Waals surface area contributed by atoms with Gasteiger partial charge in [-0.25, -0.2) is 9.67 Å². The number of anilines is 1. The first kappa shape index (κ1) is 9.71. The third kappa shape index (κ3) is 1.58. The number of nitrogen functional groups attached to an aromatic ring is 1. The zero-order chi connectivity index (χ0) is 10.8. The zero-order valence-corrected chi connectivity index (χ0v) is 8.94. The standard InChI is InChI=1S/C11H14N4/c1-3-15-11(13-7-14-15)9-5-4-6-10(12)8(9)2/h4-7H,3,12H2,1-2H3. The molecule has 0 bridgehead atoms. The number of hydrogen-bond acceptors (Lipinski definition) is 3. The van der Waals surface area contributed by atoms with E-state index in [0.29, 0.717) is 0 Å². The van der Waals surface area contributed by atoms with E-state index in [9.17, 15) is 0 Å². The Hall–Kier alpha value is -1.84. The Morgan fingerprint density at radius 1 is 1.40 bits per heavy atom. The molecule has 0 saturated carbocycles. The summed E-state index contributed by atoms with van der Waals surface area (Å²) in [5.74, 6) is 0.877. The number of aromatic nitrogens is 3. The maximum atomic E-state index is 5.86. The van der Waals surface area contributed by atoms with Crippen LogP contribution in [-0.2, 0) is 6.54 Å². The van der Waals surface area contributed by atoms with E-state index in [-0.39, 0.29) is 0 Å². The van der Waals surface area contributed by atoms with E-state index < -0.39 is 0 Å². The van der Waals surface area contributed by atoms with Crippen molar-refractivity contribution in [3.05, 3.63) is 30.1 Å². The van der Waals surface area contributed by atoms with Gasteiger partial charge >= 0.3 is 0 Å². The molecule has 78 valence electrons. The highest BCUT2D eigenvalue weighted by atomic mass is 15.3. The summed E-state index contributed by atoms with van der Waals surface area (Å²) < 4.78 is 1.86. The molecule has 0 unspecified atom stereocenters. The van der Waals surface area contributed by atoms with Crippen molar-refractivity contribution in [2.24, 2.45) is 0 Å². The van der Waals surface area contributed by atoms with Crippen molar-refractivity contribution in [2.75, 3.05) is 5.73 Å². The Kier molecular flexibility index (Phi) is 2.41. The van der Waals surface area contributed by atoms with E-state index in [2.05, 4.69) is 10.1 Å². The molecule has 1 heterocycles. The molecule has 2 N–H and O–H groups in total. The van der Waals surface area contributed by atoms with Gasteiger partial charge in [-0.3, -0.25) is 0 Å². The smallest absolute Gasteiger partial charge is 0.158 e. The van der Waals surface area contributed by atoms with Crippen LogP contribution < -0.4 is 5.73 Å². The summed E-state index contributed by atoms with van der Waals surface area (Å²) in [4.78, 5) is 4.26. The van der Waals surface area contributed by atoms with E-state index in [4.69, 9.17) is 5.73 Å². The lowest BCUT2D eigenvalue weighted by atomic mass is 10.1. The number of nitrogens with two attached hydrogens (primary N) is 1. The summed E-state index contributed by atoms with van der Waals surface area (Å²) in [5, 5.41) is 4.15. The van der Waals surface area contributed by atoms with Crippen molar-refractivity contribution < 1.29 is 0 Å². The lowest BCUT2D eigenvalue weighted by molar-refractivity contribution is 0.665. The molecule has 0 aliphatic rings. The molecule has 0 atom stereocenters. The van der Waals surface area contributed by atoms with Gasteiger partial charge in [0.05, 0.1) is 0 Å². The largest absolute Gasteiger partial charge is 0.398 e. The van der Waals surface area contributed by atoms with Crippen LogP contribution in [0, 0.1) is 6.92 Å². The van der Waals surface area contributed by atoms with Crippen LogP contribution in [0.2, 0.25) is 0 Å². The summed E-state index contributed by atoms with van der Waals surface area (Å²) in [5.41, 5.74) is 8.76. The molecular formula is C11H14N4. The molecule has 0 saturated heterocycles. The van der Waals surface area contributed by atoms with E-state index in [1.54, 1.807) is 6.33 Å². The highest BCUT2D eigenvalue weighted by molar-refractivity contribution is 5.67. The van der Waals surface area contributed by atoms with Gasteiger partial charge in [-0.1, -0.05) is 12.1 Å². The fourth-order valence-electron chi connectivity index (χ4n) is 1.60. The highest BCUT2D eigenvalue weighted by Crippen LogP contribution is 2.24. The van der Waals surface area contributed by atoms with Crippen molar-refractivity contribution in [2.45, 2.75) is 20.4 Å². The topological polar surface area (TPSA) is 56.7 Å². The molecule has 15 heavy (non-hydrogen) atoms. The minimum Gasteiger partial charge on any atom is -0.398 e. The maximum absolute atomic E-state index is 5.86. The van der Waals surface area contributed by atoms with Crippen molar-refractivity contribution in [1.29, 1.82) is 0 Å². The molecule has 0 spiro atoms. The normalized spacial score (nSPS) is 10.5. The van der Waals surface area contributed by atoms with Crippen molar-refractivity contribution in [3.63, 3.8) is 0 Å². The highest BCUT2D eigenvalue weighted by Gasteiger charge is 2.09. The fourth-order valence-corrected chi connectivity index (χ4v) is 1.60. The average Bonchev–Trinajstić information content (AvgIpc) is 2.70. The molecule has 0 fully saturated rings. The molecule has 4 heteroatoms. The molecule has 0 aliphatic heterocycles. The minimum atomic E-state index is 0.790. The Morgan fingerprint density at radius 2 is 2.20 bits per heavy atom. The molecule has 2 rings (SSSR count). The SMILES string of the molecule is CCn1ncnc1-c1cccc(N)c1C. The summed E-state index contributed by atoms with van der Waals surface area (Å²) in [6.45, 7) is 4.85. The van der Waals surface area contributed by atoms with Crippen molar-refractivity contribution >= 4 is 5.69 Å². The quantitative estimate of drug-likeness (QED) is 0.756. The third-order valence-corrected chi connectivity index (χ3v) is 2.53. The summed E-state index contributed by atoms with van der Waals surface area (Å²) in [7, 11) is 0. The van der Waals surface area contributed by atoms with Gasteiger partial charge < -0.3 is 5.73 Å². The second kappa shape index (κ2) is 3.73. The molecule has 1 aromatic heterocycles. The lowest BCUT2D eigenvalue weighted by Crippen LogP contribution is -2.01. The Bertz CT molecular complexity index is 473. The van der Waals surface area contributed by atoms with Crippen molar-refractivity contribution in [1.82, 2.24) is 14.8 Å². The zero-order valence-electron chi connectivity index (χ0n) is 8.94. The average molecular weight is 202 g/mol. The molecule has 0 aliphatic carbocycles. The second-order valence-electron chi connectivity index (χ2n) is 3.42. The van der Waals surface area contributed by atoms with Gasteiger partial charge in [0.1, 0.15) is 6.33 Å².